The molecule has 2 aromatic carbocycles. The highest BCUT2D eigenvalue weighted by Gasteiger charge is 2.29. The molecule has 8 heteroatoms. The highest BCUT2D eigenvalue weighted by molar-refractivity contribution is 7.89. The number of methoxy groups -OCH3 is 1. The number of nitrogens with zero attached hydrogens (tertiary/aromatic N) is 1. The van der Waals surface area contributed by atoms with E-state index < -0.39 is 10.0 Å². The summed E-state index contributed by atoms with van der Waals surface area (Å²) in [5.74, 6) is 0.00597. The van der Waals surface area contributed by atoms with E-state index in [0.717, 1.165) is 11.1 Å². The van der Waals surface area contributed by atoms with Gasteiger partial charge < -0.3 is 14.8 Å². The fraction of sp³-hybridized carbons (Fsp3) is 0.318. The fourth-order valence-corrected chi connectivity index (χ4v) is 4.65. The van der Waals surface area contributed by atoms with Crippen LogP contribution in [0.25, 0.3) is 6.08 Å². The van der Waals surface area contributed by atoms with Gasteiger partial charge in [0, 0.05) is 25.7 Å². The predicted octanol–water partition coefficient (Wildman–Crippen LogP) is 2.35. The second kappa shape index (κ2) is 9.88. The molecule has 0 bridgehead atoms. The number of rotatable bonds is 7. The van der Waals surface area contributed by atoms with Crippen molar-refractivity contribution in [3.05, 3.63) is 65.2 Å². The van der Waals surface area contributed by atoms with Crippen molar-refractivity contribution in [1.82, 2.24) is 9.62 Å². The maximum atomic E-state index is 13.0. The van der Waals surface area contributed by atoms with Crippen LogP contribution in [0.5, 0.6) is 5.75 Å². The summed E-state index contributed by atoms with van der Waals surface area (Å²) in [5.41, 5.74) is 2.76. The summed E-state index contributed by atoms with van der Waals surface area (Å²) < 4.78 is 37.9. The molecule has 1 aliphatic heterocycles. The third kappa shape index (κ3) is 5.47. The van der Waals surface area contributed by atoms with Gasteiger partial charge in [0.1, 0.15) is 10.6 Å². The quantitative estimate of drug-likeness (QED) is 0.682. The number of aryl methyl sites for hydroxylation is 1. The van der Waals surface area contributed by atoms with E-state index in [9.17, 15) is 13.2 Å². The summed E-state index contributed by atoms with van der Waals surface area (Å²) in [5, 5.41) is 2.82. The average Bonchev–Trinajstić information content (AvgIpc) is 2.77. The first kappa shape index (κ1) is 22.0. The standard InChI is InChI=1S/C22H26N2O5S/c1-17-3-5-19(6-4-17)16-23-22(25)10-8-18-7-9-20(28-2)21(15-18)30(26,27)24-11-13-29-14-12-24/h3-10,15H,11-14,16H2,1-2H3,(H,23,25)/b10-8-. The third-order valence-corrected chi connectivity index (χ3v) is 6.71. The normalized spacial score (nSPS) is 15.3. The Bertz CT molecular complexity index is 1010. The molecule has 0 radical (unpaired) electrons. The SMILES string of the molecule is COc1ccc(/C=C\C(=O)NCc2ccc(C)cc2)cc1S(=O)(=O)N1CCOCC1. The number of sulfonamides is 1. The molecule has 0 unspecified atom stereocenters. The maximum Gasteiger partial charge on any atom is 0.246 e. The molecule has 0 aliphatic carbocycles. The summed E-state index contributed by atoms with van der Waals surface area (Å²) in [6, 6.07) is 12.7. The highest BCUT2D eigenvalue weighted by Crippen LogP contribution is 2.28. The summed E-state index contributed by atoms with van der Waals surface area (Å²) >= 11 is 0. The molecule has 7 nitrogen and oxygen atoms in total. The van der Waals surface area contributed by atoms with Crippen molar-refractivity contribution in [3.8, 4) is 5.75 Å². The van der Waals surface area contributed by atoms with Crippen LogP contribution in [0.1, 0.15) is 16.7 Å². The largest absolute Gasteiger partial charge is 0.495 e. The van der Waals surface area contributed by atoms with Crippen molar-refractivity contribution < 1.29 is 22.7 Å². The molecule has 0 spiro atoms. The fourth-order valence-electron chi connectivity index (χ4n) is 3.05. The van der Waals surface area contributed by atoms with Crippen LogP contribution in [0.15, 0.2) is 53.4 Å². The molecule has 30 heavy (non-hydrogen) atoms. The van der Waals surface area contributed by atoms with Gasteiger partial charge in [0.05, 0.1) is 20.3 Å². The van der Waals surface area contributed by atoms with Gasteiger partial charge >= 0.3 is 0 Å². The summed E-state index contributed by atoms with van der Waals surface area (Å²) in [7, 11) is -2.29. The van der Waals surface area contributed by atoms with E-state index in [1.807, 2.05) is 31.2 Å². The van der Waals surface area contributed by atoms with E-state index in [2.05, 4.69) is 5.32 Å². The lowest BCUT2D eigenvalue weighted by Crippen LogP contribution is -2.40. The third-order valence-electron chi connectivity index (χ3n) is 4.79. The Morgan fingerprint density at radius 3 is 2.53 bits per heavy atom. The minimum Gasteiger partial charge on any atom is -0.495 e. The Morgan fingerprint density at radius 1 is 1.17 bits per heavy atom. The number of carbonyl (C=O) groups excluding carboxylic acids is 1. The lowest BCUT2D eigenvalue weighted by molar-refractivity contribution is -0.116. The maximum absolute atomic E-state index is 13.0. The number of ether oxygens (including phenoxy) is 2. The van der Waals surface area contributed by atoms with Gasteiger partial charge in [-0.2, -0.15) is 4.31 Å². The molecule has 1 fully saturated rings. The number of morpholine rings is 1. The summed E-state index contributed by atoms with van der Waals surface area (Å²) in [6.07, 6.45) is 2.98. The van der Waals surface area contributed by atoms with Crippen LogP contribution in [0.3, 0.4) is 0 Å². The Labute approximate surface area is 177 Å². The van der Waals surface area contributed by atoms with Crippen LogP contribution < -0.4 is 10.1 Å². The molecule has 0 aromatic heterocycles. The Hall–Kier alpha value is -2.68. The molecule has 1 aliphatic rings. The van der Waals surface area contributed by atoms with Crippen molar-refractivity contribution in [1.29, 1.82) is 0 Å². The number of hydrogen-bond acceptors (Lipinski definition) is 5. The molecule has 160 valence electrons. The molecule has 0 saturated carbocycles. The zero-order valence-electron chi connectivity index (χ0n) is 17.1. The van der Waals surface area contributed by atoms with Crippen molar-refractivity contribution in [2.45, 2.75) is 18.4 Å². The second-order valence-corrected chi connectivity index (χ2v) is 8.87. The number of benzene rings is 2. The number of amides is 1. The van der Waals surface area contributed by atoms with Crippen LogP contribution in [-0.4, -0.2) is 52.0 Å². The van der Waals surface area contributed by atoms with Crippen molar-refractivity contribution in [3.63, 3.8) is 0 Å². The summed E-state index contributed by atoms with van der Waals surface area (Å²) in [4.78, 5) is 12.2. The van der Waals surface area contributed by atoms with Crippen molar-refractivity contribution in [2.75, 3.05) is 33.4 Å². The smallest absolute Gasteiger partial charge is 0.246 e. The molecule has 1 heterocycles. The van der Waals surface area contributed by atoms with Gasteiger partial charge in [-0.05, 0) is 36.3 Å². The van der Waals surface area contributed by atoms with Gasteiger partial charge in [0.2, 0.25) is 15.9 Å². The minimum atomic E-state index is -3.72. The van der Waals surface area contributed by atoms with Crippen molar-refractivity contribution in [2.24, 2.45) is 0 Å². The van der Waals surface area contributed by atoms with Crippen LogP contribution in [-0.2, 0) is 26.1 Å². The van der Waals surface area contributed by atoms with Gasteiger partial charge in [0.25, 0.3) is 0 Å². The molecule has 1 amide bonds. The van der Waals surface area contributed by atoms with E-state index in [-0.39, 0.29) is 16.6 Å². The van der Waals surface area contributed by atoms with Gasteiger partial charge in [0.15, 0.2) is 0 Å². The number of carbonyl (C=O) groups is 1. The highest BCUT2D eigenvalue weighted by atomic mass is 32.2. The molecule has 1 saturated heterocycles. The molecule has 0 atom stereocenters. The predicted molar refractivity (Wildman–Crippen MR) is 115 cm³/mol. The zero-order valence-corrected chi connectivity index (χ0v) is 17.9. The first-order valence-electron chi connectivity index (χ1n) is 9.67. The number of hydrogen-bond donors (Lipinski definition) is 1. The first-order valence-corrected chi connectivity index (χ1v) is 11.1. The first-order chi connectivity index (χ1) is 14.4. The lowest BCUT2D eigenvalue weighted by Gasteiger charge is -2.26. The summed E-state index contributed by atoms with van der Waals surface area (Å²) in [6.45, 7) is 3.75. The van der Waals surface area contributed by atoms with E-state index >= 15 is 0 Å². The molecular weight excluding hydrogens is 404 g/mol. The Morgan fingerprint density at radius 2 is 1.87 bits per heavy atom. The van der Waals surface area contributed by atoms with E-state index in [4.69, 9.17) is 9.47 Å². The van der Waals surface area contributed by atoms with Gasteiger partial charge in [-0.25, -0.2) is 8.42 Å². The molecule has 3 rings (SSSR count). The van der Waals surface area contributed by atoms with E-state index in [0.29, 0.717) is 38.4 Å². The minimum absolute atomic E-state index is 0.0779. The van der Waals surface area contributed by atoms with Crippen LogP contribution in [0.2, 0.25) is 0 Å². The van der Waals surface area contributed by atoms with E-state index in [1.165, 1.54) is 23.6 Å². The van der Waals surface area contributed by atoms with Crippen LogP contribution >= 0.6 is 0 Å². The zero-order chi connectivity index (χ0) is 21.6. The Balaban J connectivity index is 1.72. The van der Waals surface area contributed by atoms with Gasteiger partial charge in [-0.1, -0.05) is 35.9 Å². The van der Waals surface area contributed by atoms with Crippen molar-refractivity contribution >= 4 is 22.0 Å². The van der Waals surface area contributed by atoms with Crippen LogP contribution in [0, 0.1) is 6.92 Å². The van der Waals surface area contributed by atoms with E-state index in [1.54, 1.807) is 18.2 Å². The van der Waals surface area contributed by atoms with Crippen LogP contribution in [0.4, 0.5) is 0 Å². The Kier molecular flexibility index (Phi) is 7.25. The second-order valence-electron chi connectivity index (χ2n) is 6.96. The molecular formula is C22H26N2O5S. The number of nitrogens with one attached hydrogen (secondary N) is 1. The van der Waals surface area contributed by atoms with Gasteiger partial charge in [-0.3, -0.25) is 4.79 Å². The average molecular weight is 431 g/mol. The molecule has 1 N–H and O–H groups in total. The molecule has 2 aromatic rings. The monoisotopic (exact) mass is 430 g/mol. The van der Waals surface area contributed by atoms with Gasteiger partial charge in [-0.15, -0.1) is 0 Å². The topological polar surface area (TPSA) is 84.9 Å². The lowest BCUT2D eigenvalue weighted by atomic mass is 10.1.